The zero-order valence-electron chi connectivity index (χ0n) is 13.8. The number of hydrogen-bond acceptors (Lipinski definition) is 1. The Labute approximate surface area is 129 Å². The summed E-state index contributed by atoms with van der Waals surface area (Å²) >= 11 is 0. The zero-order chi connectivity index (χ0) is 15.1. The molecule has 0 saturated carbocycles. The van der Waals surface area contributed by atoms with Gasteiger partial charge in [-0.15, -0.1) is 0 Å². The van der Waals surface area contributed by atoms with Gasteiger partial charge in [-0.1, -0.05) is 52.4 Å². The van der Waals surface area contributed by atoms with Gasteiger partial charge in [-0.2, -0.15) is 0 Å². The lowest BCUT2D eigenvalue weighted by atomic mass is 9.91. The quantitative estimate of drug-likeness (QED) is 0.725. The van der Waals surface area contributed by atoms with Gasteiger partial charge in [0, 0.05) is 11.3 Å². The number of pyridine rings is 1. The van der Waals surface area contributed by atoms with Crippen molar-refractivity contribution in [2.45, 2.75) is 90.4 Å². The highest BCUT2D eigenvalue weighted by molar-refractivity contribution is 5.28. The molecule has 0 fully saturated rings. The molecule has 0 radical (unpaired) electrons. The van der Waals surface area contributed by atoms with E-state index in [1.807, 2.05) is 0 Å². The summed E-state index contributed by atoms with van der Waals surface area (Å²) in [5, 5.41) is 0. The number of fused-ring (bicyclic) bond motifs is 1. The van der Waals surface area contributed by atoms with Crippen molar-refractivity contribution in [1.29, 1.82) is 0 Å². The number of aromatic amines is 1. The third-order valence-corrected chi connectivity index (χ3v) is 4.89. The molecule has 0 saturated heterocycles. The fraction of sp³-hybridized carbons (Fsp3) is 0.737. The smallest absolute Gasteiger partial charge is 0.251 e. The van der Waals surface area contributed by atoms with Gasteiger partial charge in [-0.05, 0) is 49.7 Å². The Morgan fingerprint density at radius 3 is 2.62 bits per heavy atom. The molecule has 2 nitrogen and oxygen atoms in total. The minimum absolute atomic E-state index is 0.164. The van der Waals surface area contributed by atoms with Crippen molar-refractivity contribution in [3.8, 4) is 0 Å². The lowest BCUT2D eigenvalue weighted by Gasteiger charge is -2.17. The first-order chi connectivity index (χ1) is 10.2. The Kier molecular flexibility index (Phi) is 6.53. The Bertz CT molecular complexity index is 489. The molecule has 1 aromatic heterocycles. The van der Waals surface area contributed by atoms with Crippen molar-refractivity contribution in [1.82, 2.24) is 4.98 Å². The first kappa shape index (κ1) is 16.3. The van der Waals surface area contributed by atoms with E-state index in [0.29, 0.717) is 5.92 Å². The number of H-pyrrole nitrogens is 1. The molecule has 2 rings (SSSR count). The fourth-order valence-electron chi connectivity index (χ4n) is 3.45. The Morgan fingerprint density at radius 1 is 1.10 bits per heavy atom. The zero-order valence-corrected chi connectivity index (χ0v) is 13.8. The number of aromatic nitrogens is 1. The van der Waals surface area contributed by atoms with Crippen LogP contribution in [-0.4, -0.2) is 4.98 Å². The van der Waals surface area contributed by atoms with Gasteiger partial charge in [0.25, 0.3) is 5.56 Å². The predicted octanol–water partition coefficient (Wildman–Crippen LogP) is 5.11. The van der Waals surface area contributed by atoms with E-state index in [2.05, 4.69) is 24.9 Å². The van der Waals surface area contributed by atoms with E-state index >= 15 is 0 Å². The van der Waals surface area contributed by atoms with E-state index < -0.39 is 0 Å². The second-order valence-electron chi connectivity index (χ2n) is 6.72. The molecule has 0 bridgehead atoms. The van der Waals surface area contributed by atoms with Crippen molar-refractivity contribution in [2.24, 2.45) is 0 Å². The van der Waals surface area contributed by atoms with Gasteiger partial charge in [0.1, 0.15) is 0 Å². The van der Waals surface area contributed by atoms with E-state index in [0.717, 1.165) is 24.8 Å². The molecular weight excluding hydrogens is 258 g/mol. The monoisotopic (exact) mass is 289 g/mol. The van der Waals surface area contributed by atoms with Crippen molar-refractivity contribution < 1.29 is 0 Å². The summed E-state index contributed by atoms with van der Waals surface area (Å²) < 4.78 is 0. The highest BCUT2D eigenvalue weighted by atomic mass is 16.1. The summed E-state index contributed by atoms with van der Waals surface area (Å²) in [6, 6.07) is 2.23. The molecule has 0 amide bonds. The van der Waals surface area contributed by atoms with Crippen molar-refractivity contribution in [3.63, 3.8) is 0 Å². The molecule has 1 aliphatic carbocycles. The van der Waals surface area contributed by atoms with Gasteiger partial charge < -0.3 is 4.98 Å². The second kappa shape index (κ2) is 8.41. The van der Waals surface area contributed by atoms with Gasteiger partial charge >= 0.3 is 0 Å². The van der Waals surface area contributed by atoms with Gasteiger partial charge in [-0.3, -0.25) is 4.79 Å². The lowest BCUT2D eigenvalue weighted by molar-refractivity contribution is 0.571. The molecule has 0 aliphatic heterocycles. The Balaban J connectivity index is 2.08. The summed E-state index contributed by atoms with van der Waals surface area (Å²) in [4.78, 5) is 15.6. The van der Waals surface area contributed by atoms with E-state index in [-0.39, 0.29) is 5.56 Å². The molecule has 1 atom stereocenters. The number of rotatable bonds is 6. The van der Waals surface area contributed by atoms with Crippen LogP contribution in [0.2, 0.25) is 0 Å². The van der Waals surface area contributed by atoms with Crippen LogP contribution in [0.5, 0.6) is 0 Å². The van der Waals surface area contributed by atoms with Crippen LogP contribution in [0.15, 0.2) is 10.9 Å². The average molecular weight is 289 g/mol. The molecule has 0 aromatic carbocycles. The molecule has 1 aromatic rings. The third kappa shape index (κ3) is 4.72. The first-order valence-electron chi connectivity index (χ1n) is 8.97. The molecule has 118 valence electrons. The topological polar surface area (TPSA) is 32.9 Å². The van der Waals surface area contributed by atoms with Crippen LogP contribution in [0.1, 0.15) is 94.4 Å². The van der Waals surface area contributed by atoms with E-state index in [1.165, 1.54) is 62.6 Å². The molecule has 1 N–H and O–H groups in total. The predicted molar refractivity (Wildman–Crippen MR) is 90.1 cm³/mol. The van der Waals surface area contributed by atoms with Crippen LogP contribution in [-0.2, 0) is 12.8 Å². The maximum absolute atomic E-state index is 12.4. The van der Waals surface area contributed by atoms with Crippen LogP contribution in [0.4, 0.5) is 0 Å². The minimum Gasteiger partial charge on any atom is -0.326 e. The van der Waals surface area contributed by atoms with Crippen LogP contribution >= 0.6 is 0 Å². The first-order valence-corrected chi connectivity index (χ1v) is 8.97. The number of aryl methyl sites for hydroxylation is 2. The van der Waals surface area contributed by atoms with Gasteiger partial charge in [0.05, 0.1) is 0 Å². The standard InChI is InChI=1S/C19H31NO/c1-3-4-5-8-11-15(2)17-14-16-12-9-6-7-10-13-18(16)20-19(17)21/h14-15H,3-13H2,1-2H3,(H,20,21). The van der Waals surface area contributed by atoms with Crippen molar-refractivity contribution in [3.05, 3.63) is 33.2 Å². The van der Waals surface area contributed by atoms with Gasteiger partial charge in [-0.25, -0.2) is 0 Å². The van der Waals surface area contributed by atoms with Crippen LogP contribution in [0, 0.1) is 0 Å². The van der Waals surface area contributed by atoms with E-state index in [9.17, 15) is 4.79 Å². The Hall–Kier alpha value is -1.05. The van der Waals surface area contributed by atoms with Crippen LogP contribution in [0.25, 0.3) is 0 Å². The number of hydrogen-bond donors (Lipinski definition) is 1. The average Bonchev–Trinajstić information content (AvgIpc) is 2.45. The molecule has 0 spiro atoms. The Morgan fingerprint density at radius 2 is 1.86 bits per heavy atom. The fourth-order valence-corrected chi connectivity index (χ4v) is 3.45. The van der Waals surface area contributed by atoms with Gasteiger partial charge in [0.2, 0.25) is 0 Å². The molecule has 2 heteroatoms. The highest BCUT2D eigenvalue weighted by Crippen LogP contribution is 2.23. The summed E-state index contributed by atoms with van der Waals surface area (Å²) in [6.45, 7) is 4.45. The summed E-state index contributed by atoms with van der Waals surface area (Å²) in [5.74, 6) is 0.390. The highest BCUT2D eigenvalue weighted by Gasteiger charge is 2.15. The maximum atomic E-state index is 12.4. The van der Waals surface area contributed by atoms with Crippen LogP contribution in [0.3, 0.4) is 0 Å². The second-order valence-corrected chi connectivity index (χ2v) is 6.72. The number of unbranched alkanes of at least 4 members (excludes halogenated alkanes) is 3. The summed E-state index contributed by atoms with van der Waals surface area (Å²) in [6.07, 6.45) is 13.6. The van der Waals surface area contributed by atoms with E-state index in [1.54, 1.807) is 0 Å². The molecule has 1 unspecified atom stereocenters. The van der Waals surface area contributed by atoms with Crippen molar-refractivity contribution >= 4 is 0 Å². The normalized spacial score (nSPS) is 16.9. The molecule has 1 aliphatic rings. The molecule has 1 heterocycles. The maximum Gasteiger partial charge on any atom is 0.251 e. The molecular formula is C19H31NO. The minimum atomic E-state index is 0.164. The number of nitrogens with one attached hydrogen (secondary N) is 1. The van der Waals surface area contributed by atoms with Crippen LogP contribution < -0.4 is 5.56 Å². The van der Waals surface area contributed by atoms with Gasteiger partial charge in [0.15, 0.2) is 0 Å². The summed E-state index contributed by atoms with van der Waals surface area (Å²) in [7, 11) is 0. The summed E-state index contributed by atoms with van der Waals surface area (Å²) in [5.41, 5.74) is 3.80. The van der Waals surface area contributed by atoms with E-state index in [4.69, 9.17) is 0 Å². The van der Waals surface area contributed by atoms with Crippen molar-refractivity contribution in [2.75, 3.05) is 0 Å². The third-order valence-electron chi connectivity index (χ3n) is 4.89. The molecule has 21 heavy (non-hydrogen) atoms. The largest absolute Gasteiger partial charge is 0.326 e. The SMILES string of the molecule is CCCCCCC(C)c1cc2c([nH]c1=O)CCCCCC2. The lowest BCUT2D eigenvalue weighted by Crippen LogP contribution is -2.19.